The number of imide groups is 1. The number of carbonyl (C=O) groups excluding carboxylic acids is 3. The molecule has 2 aliphatic heterocycles. The number of carbonyl (C=O) groups is 3. The van der Waals surface area contributed by atoms with Crippen molar-refractivity contribution in [1.82, 2.24) is 25.0 Å². The molecule has 9 heteroatoms. The first-order valence-electron chi connectivity index (χ1n) is 11.9. The van der Waals surface area contributed by atoms with E-state index in [4.69, 9.17) is 0 Å². The minimum Gasteiger partial charge on any atom is -0.325 e. The second-order valence-electron chi connectivity index (χ2n) is 9.47. The monoisotopic (exact) mass is 450 g/mol. The molecule has 3 heterocycles. The lowest BCUT2D eigenvalue weighted by atomic mass is 9.73. The summed E-state index contributed by atoms with van der Waals surface area (Å²) >= 11 is 0. The van der Waals surface area contributed by atoms with E-state index in [2.05, 4.69) is 25.4 Å². The molecule has 2 atom stereocenters. The van der Waals surface area contributed by atoms with Crippen molar-refractivity contribution in [2.75, 3.05) is 11.9 Å². The van der Waals surface area contributed by atoms with Gasteiger partial charge in [-0.15, -0.1) is 10.2 Å². The van der Waals surface area contributed by atoms with Crippen LogP contribution < -0.4 is 10.6 Å². The van der Waals surface area contributed by atoms with Gasteiger partial charge in [0.2, 0.25) is 5.91 Å². The third-order valence-electron chi connectivity index (χ3n) is 7.34. The summed E-state index contributed by atoms with van der Waals surface area (Å²) in [7, 11) is 0. The van der Waals surface area contributed by atoms with Gasteiger partial charge in [0.05, 0.1) is 0 Å². The van der Waals surface area contributed by atoms with Crippen LogP contribution in [0.4, 0.5) is 10.5 Å². The second-order valence-corrected chi connectivity index (χ2v) is 9.47. The highest BCUT2D eigenvalue weighted by atomic mass is 16.2. The molecule has 3 aliphatic rings. The Morgan fingerprint density at radius 3 is 2.73 bits per heavy atom. The Morgan fingerprint density at radius 2 is 1.94 bits per heavy atom. The second kappa shape index (κ2) is 8.61. The summed E-state index contributed by atoms with van der Waals surface area (Å²) in [6, 6.07) is 6.95. The number of hydrogen-bond donors (Lipinski definition) is 2. The average Bonchev–Trinajstić information content (AvgIpc) is 3.19. The standard InChI is InChI=1S/C24H30N6O3/c1-16-7-4-5-13-24(16)22(32)30(23(33)26-24)15-20(31)25-18-11-9-17(10-12-18)21-28-27-19-8-3-2-6-14-29(19)21/h9-12,16H,2-8,13-15H2,1H3,(H,25,31)(H,26,33)/t16-,24+/m0/s1. The Labute approximate surface area is 192 Å². The van der Waals surface area contributed by atoms with Gasteiger partial charge in [-0.2, -0.15) is 0 Å². The Bertz CT molecular complexity index is 1080. The van der Waals surface area contributed by atoms with Gasteiger partial charge in [0.25, 0.3) is 5.91 Å². The van der Waals surface area contributed by atoms with Crippen molar-refractivity contribution in [3.63, 3.8) is 0 Å². The normalized spacial score (nSPS) is 25.0. The van der Waals surface area contributed by atoms with Crippen molar-refractivity contribution in [2.45, 2.75) is 70.4 Å². The summed E-state index contributed by atoms with van der Waals surface area (Å²) in [4.78, 5) is 39.3. The van der Waals surface area contributed by atoms with Gasteiger partial charge in [-0.3, -0.25) is 14.5 Å². The maximum atomic E-state index is 13.1. The molecule has 174 valence electrons. The first-order valence-corrected chi connectivity index (χ1v) is 11.9. The van der Waals surface area contributed by atoms with Crippen molar-refractivity contribution >= 4 is 23.5 Å². The third kappa shape index (κ3) is 3.89. The number of benzene rings is 1. The summed E-state index contributed by atoms with van der Waals surface area (Å²) in [6.07, 6.45) is 7.89. The summed E-state index contributed by atoms with van der Waals surface area (Å²) < 4.78 is 2.18. The van der Waals surface area contributed by atoms with E-state index in [-0.39, 0.29) is 18.4 Å². The Kier molecular flexibility index (Phi) is 5.64. The van der Waals surface area contributed by atoms with E-state index in [1.54, 1.807) is 0 Å². The fourth-order valence-corrected chi connectivity index (χ4v) is 5.38. The summed E-state index contributed by atoms with van der Waals surface area (Å²) in [5.74, 6) is 1.26. The maximum Gasteiger partial charge on any atom is 0.325 e. The fourth-order valence-electron chi connectivity index (χ4n) is 5.38. The molecule has 1 spiro atoms. The number of aromatic nitrogens is 3. The Morgan fingerprint density at radius 1 is 1.12 bits per heavy atom. The van der Waals surface area contributed by atoms with Crippen LogP contribution in [0.25, 0.3) is 11.4 Å². The van der Waals surface area contributed by atoms with Crippen molar-refractivity contribution in [3.8, 4) is 11.4 Å². The number of anilines is 1. The van der Waals surface area contributed by atoms with Gasteiger partial charge in [-0.1, -0.05) is 26.2 Å². The molecule has 2 aromatic rings. The highest BCUT2D eigenvalue weighted by Gasteiger charge is 2.55. The molecule has 5 rings (SSSR count). The molecule has 9 nitrogen and oxygen atoms in total. The molecule has 0 radical (unpaired) electrons. The van der Waals surface area contributed by atoms with Crippen LogP contribution in [0.3, 0.4) is 0 Å². The maximum absolute atomic E-state index is 13.1. The predicted octanol–water partition coefficient (Wildman–Crippen LogP) is 3.11. The van der Waals surface area contributed by atoms with Gasteiger partial charge in [0, 0.05) is 24.2 Å². The van der Waals surface area contributed by atoms with E-state index in [0.29, 0.717) is 12.1 Å². The molecule has 4 amide bonds. The molecule has 1 saturated carbocycles. The minimum absolute atomic E-state index is 0.0653. The van der Waals surface area contributed by atoms with Crippen LogP contribution in [-0.2, 0) is 22.6 Å². The molecule has 1 aliphatic carbocycles. The number of amides is 4. The number of rotatable bonds is 4. The lowest BCUT2D eigenvalue weighted by Gasteiger charge is -2.36. The van der Waals surface area contributed by atoms with Crippen LogP contribution in [0.5, 0.6) is 0 Å². The van der Waals surface area contributed by atoms with Crippen LogP contribution in [0.1, 0.15) is 57.7 Å². The summed E-state index contributed by atoms with van der Waals surface area (Å²) in [5, 5.41) is 14.4. The molecule has 33 heavy (non-hydrogen) atoms. The summed E-state index contributed by atoms with van der Waals surface area (Å²) in [5.41, 5.74) is 0.691. The van der Waals surface area contributed by atoms with Crippen molar-refractivity contribution < 1.29 is 14.4 Å². The van der Waals surface area contributed by atoms with Gasteiger partial charge < -0.3 is 15.2 Å². The molecule has 2 N–H and O–H groups in total. The number of urea groups is 1. The first kappa shape index (κ1) is 21.6. The van der Waals surface area contributed by atoms with Crippen LogP contribution in [0.2, 0.25) is 0 Å². The molecule has 1 aromatic heterocycles. The quantitative estimate of drug-likeness (QED) is 0.696. The van der Waals surface area contributed by atoms with Crippen molar-refractivity contribution in [1.29, 1.82) is 0 Å². The van der Waals surface area contributed by atoms with E-state index >= 15 is 0 Å². The lowest BCUT2D eigenvalue weighted by Crippen LogP contribution is -2.54. The van der Waals surface area contributed by atoms with Crippen LogP contribution >= 0.6 is 0 Å². The van der Waals surface area contributed by atoms with Crippen molar-refractivity contribution in [2.24, 2.45) is 5.92 Å². The SMILES string of the molecule is C[C@H]1CCCC[C@@]12NC(=O)N(CC(=O)Nc1ccc(-c3nnc4n3CCCCC4)cc1)C2=O. The predicted molar refractivity (Wildman–Crippen MR) is 122 cm³/mol. The fraction of sp³-hybridized carbons (Fsp3) is 0.542. The van der Waals surface area contributed by atoms with Crippen LogP contribution in [0, 0.1) is 5.92 Å². The minimum atomic E-state index is -0.854. The number of nitrogens with one attached hydrogen (secondary N) is 2. The van der Waals surface area contributed by atoms with Gasteiger partial charge in [0.15, 0.2) is 5.82 Å². The number of aryl methyl sites for hydroxylation is 1. The van der Waals surface area contributed by atoms with E-state index in [0.717, 1.165) is 67.2 Å². The van der Waals surface area contributed by atoms with Crippen LogP contribution in [0.15, 0.2) is 24.3 Å². The molecular formula is C24H30N6O3. The number of nitrogens with zero attached hydrogens (tertiary/aromatic N) is 4. The first-order chi connectivity index (χ1) is 16.0. The molecule has 1 saturated heterocycles. The van der Waals surface area contributed by atoms with Gasteiger partial charge in [-0.25, -0.2) is 4.79 Å². The Balaban J connectivity index is 1.24. The summed E-state index contributed by atoms with van der Waals surface area (Å²) in [6.45, 7) is 2.62. The number of hydrogen-bond acceptors (Lipinski definition) is 5. The lowest BCUT2D eigenvalue weighted by molar-refractivity contribution is -0.136. The Hall–Kier alpha value is -3.23. The van der Waals surface area contributed by atoms with Crippen LogP contribution in [-0.4, -0.2) is 49.6 Å². The molecule has 0 bridgehead atoms. The highest BCUT2D eigenvalue weighted by molar-refractivity contribution is 6.10. The molecular weight excluding hydrogens is 420 g/mol. The highest BCUT2D eigenvalue weighted by Crippen LogP contribution is 2.38. The van der Waals surface area contributed by atoms with E-state index < -0.39 is 17.5 Å². The van der Waals surface area contributed by atoms with E-state index in [9.17, 15) is 14.4 Å². The molecule has 1 aromatic carbocycles. The smallest absolute Gasteiger partial charge is 0.325 e. The van der Waals surface area contributed by atoms with E-state index in [1.165, 1.54) is 6.42 Å². The zero-order valence-corrected chi connectivity index (χ0v) is 19.0. The largest absolute Gasteiger partial charge is 0.325 e. The topological polar surface area (TPSA) is 109 Å². The zero-order valence-electron chi connectivity index (χ0n) is 19.0. The number of fused-ring (bicyclic) bond motifs is 1. The third-order valence-corrected chi connectivity index (χ3v) is 7.34. The van der Waals surface area contributed by atoms with Gasteiger partial charge >= 0.3 is 6.03 Å². The zero-order chi connectivity index (χ0) is 23.0. The van der Waals surface area contributed by atoms with Crippen molar-refractivity contribution in [3.05, 3.63) is 30.1 Å². The average molecular weight is 451 g/mol. The van der Waals surface area contributed by atoms with Gasteiger partial charge in [0.1, 0.15) is 17.9 Å². The molecule has 0 unspecified atom stereocenters. The van der Waals surface area contributed by atoms with Gasteiger partial charge in [-0.05, 0) is 55.9 Å². The van der Waals surface area contributed by atoms with E-state index in [1.807, 2.05) is 31.2 Å². The molecule has 2 fully saturated rings.